The van der Waals surface area contributed by atoms with Gasteiger partial charge in [-0.3, -0.25) is 4.90 Å². The number of nitrogens with zero attached hydrogens (tertiary/aromatic N) is 2. The van der Waals surface area contributed by atoms with Gasteiger partial charge < -0.3 is 15.4 Å². The Bertz CT molecular complexity index is 776. The Hall–Kier alpha value is -1.88. The van der Waals surface area contributed by atoms with Crippen LogP contribution in [0.2, 0.25) is 0 Å². The van der Waals surface area contributed by atoms with Gasteiger partial charge >= 0.3 is 0 Å². The van der Waals surface area contributed by atoms with Crippen LogP contribution in [-0.4, -0.2) is 49.1 Å². The number of rotatable bonds is 5. The predicted molar refractivity (Wildman–Crippen MR) is 110 cm³/mol. The Morgan fingerprint density at radius 2 is 2.00 bits per heavy atom. The summed E-state index contributed by atoms with van der Waals surface area (Å²) < 4.78 is 6.62. The second-order valence-electron chi connectivity index (χ2n) is 8.29. The standard InChI is InChI=1S/C23H31N3O/c1-25(2)15-17-7-5-10-20(13-17)27-23-21-11-4-3-8-18(21)14-22(23)26-12-6-9-19(24)16-26/h3-5,7-8,10-11,13,19,22-23H,6,9,12,14-16,24H2,1-2H3/t19-,22+,23+/m0/s1. The van der Waals surface area contributed by atoms with Crippen LogP contribution < -0.4 is 10.5 Å². The Morgan fingerprint density at radius 1 is 1.15 bits per heavy atom. The second-order valence-corrected chi connectivity index (χ2v) is 8.29. The van der Waals surface area contributed by atoms with Crippen molar-refractivity contribution < 1.29 is 4.74 Å². The van der Waals surface area contributed by atoms with Crippen LogP contribution in [0.4, 0.5) is 0 Å². The normalized spacial score (nSPS) is 25.6. The molecule has 27 heavy (non-hydrogen) atoms. The van der Waals surface area contributed by atoms with Gasteiger partial charge in [-0.15, -0.1) is 0 Å². The molecule has 4 heteroatoms. The molecule has 1 heterocycles. The minimum absolute atomic E-state index is 0.0705. The van der Waals surface area contributed by atoms with E-state index in [0.717, 1.165) is 38.2 Å². The van der Waals surface area contributed by atoms with E-state index < -0.39 is 0 Å². The fourth-order valence-corrected chi connectivity index (χ4v) is 4.57. The lowest BCUT2D eigenvalue weighted by atomic mass is 10.0. The van der Waals surface area contributed by atoms with Crippen molar-refractivity contribution in [2.24, 2.45) is 5.73 Å². The molecule has 144 valence electrons. The number of hydrogen-bond donors (Lipinski definition) is 1. The molecule has 3 atom stereocenters. The van der Waals surface area contributed by atoms with Gasteiger partial charge in [0.1, 0.15) is 11.9 Å². The van der Waals surface area contributed by atoms with Gasteiger partial charge in [-0.25, -0.2) is 0 Å². The maximum Gasteiger partial charge on any atom is 0.140 e. The predicted octanol–water partition coefficient (Wildman–Crippen LogP) is 3.22. The Morgan fingerprint density at radius 3 is 2.81 bits per heavy atom. The topological polar surface area (TPSA) is 41.7 Å². The third-order valence-electron chi connectivity index (χ3n) is 5.76. The average molecular weight is 366 g/mol. The van der Waals surface area contributed by atoms with Gasteiger partial charge in [0.25, 0.3) is 0 Å². The van der Waals surface area contributed by atoms with Crippen molar-refractivity contribution in [2.45, 2.75) is 44.0 Å². The molecule has 2 aliphatic rings. The van der Waals surface area contributed by atoms with Gasteiger partial charge in [0.15, 0.2) is 0 Å². The summed E-state index contributed by atoms with van der Waals surface area (Å²) in [5, 5.41) is 0. The summed E-state index contributed by atoms with van der Waals surface area (Å²) in [5.74, 6) is 0.961. The molecule has 0 unspecified atom stereocenters. The van der Waals surface area contributed by atoms with Crippen molar-refractivity contribution in [1.29, 1.82) is 0 Å². The van der Waals surface area contributed by atoms with E-state index in [1.54, 1.807) is 0 Å². The third-order valence-corrected chi connectivity index (χ3v) is 5.76. The van der Waals surface area contributed by atoms with E-state index in [1.807, 2.05) is 0 Å². The summed E-state index contributed by atoms with van der Waals surface area (Å²) in [6, 6.07) is 17.9. The first-order valence-electron chi connectivity index (χ1n) is 10.1. The van der Waals surface area contributed by atoms with Crippen LogP contribution in [0.3, 0.4) is 0 Å². The van der Waals surface area contributed by atoms with E-state index in [4.69, 9.17) is 10.5 Å². The number of fused-ring (bicyclic) bond motifs is 1. The van der Waals surface area contributed by atoms with Crippen molar-refractivity contribution in [3.8, 4) is 5.75 Å². The molecule has 1 aliphatic carbocycles. The Balaban J connectivity index is 1.59. The van der Waals surface area contributed by atoms with Gasteiger partial charge in [0.05, 0.1) is 6.04 Å². The minimum Gasteiger partial charge on any atom is -0.484 e. The molecule has 1 fully saturated rings. The molecule has 1 saturated heterocycles. The first-order chi connectivity index (χ1) is 13.1. The fraction of sp³-hybridized carbons (Fsp3) is 0.478. The van der Waals surface area contributed by atoms with E-state index in [2.05, 4.69) is 72.4 Å². The molecule has 2 aromatic rings. The molecule has 0 aromatic heterocycles. The quantitative estimate of drug-likeness (QED) is 0.883. The van der Waals surface area contributed by atoms with Crippen LogP contribution in [0.15, 0.2) is 48.5 Å². The zero-order valence-corrected chi connectivity index (χ0v) is 16.5. The highest BCUT2D eigenvalue weighted by atomic mass is 16.5. The summed E-state index contributed by atoms with van der Waals surface area (Å²) in [7, 11) is 4.19. The molecule has 1 aliphatic heterocycles. The zero-order valence-electron chi connectivity index (χ0n) is 16.5. The molecule has 2 N–H and O–H groups in total. The fourth-order valence-electron chi connectivity index (χ4n) is 4.57. The lowest BCUT2D eigenvalue weighted by molar-refractivity contribution is 0.0592. The smallest absolute Gasteiger partial charge is 0.140 e. The number of ether oxygens (including phenoxy) is 1. The van der Waals surface area contributed by atoms with Crippen LogP contribution >= 0.6 is 0 Å². The van der Waals surface area contributed by atoms with E-state index in [-0.39, 0.29) is 12.1 Å². The molecule has 0 amide bonds. The zero-order chi connectivity index (χ0) is 18.8. The number of piperidine rings is 1. The first-order valence-corrected chi connectivity index (χ1v) is 10.1. The summed E-state index contributed by atoms with van der Waals surface area (Å²) in [6.07, 6.45) is 3.43. The molecule has 0 saturated carbocycles. The molecule has 0 spiro atoms. The molecule has 0 radical (unpaired) electrons. The highest BCUT2D eigenvalue weighted by Crippen LogP contribution is 2.39. The Kier molecular flexibility index (Phi) is 5.48. The second kappa shape index (κ2) is 8.01. The molecule has 4 rings (SSSR count). The van der Waals surface area contributed by atoms with Crippen LogP contribution in [0, 0.1) is 0 Å². The van der Waals surface area contributed by atoms with Crippen molar-refractivity contribution in [3.63, 3.8) is 0 Å². The van der Waals surface area contributed by atoms with Gasteiger partial charge in [-0.1, -0.05) is 36.4 Å². The van der Waals surface area contributed by atoms with Gasteiger partial charge in [-0.2, -0.15) is 0 Å². The lowest BCUT2D eigenvalue weighted by Crippen LogP contribution is -2.49. The first kappa shape index (κ1) is 18.5. The molecule has 0 bridgehead atoms. The van der Waals surface area contributed by atoms with Crippen molar-refractivity contribution in [3.05, 3.63) is 65.2 Å². The summed E-state index contributed by atoms with van der Waals surface area (Å²) in [6.45, 7) is 3.01. The van der Waals surface area contributed by atoms with Crippen LogP contribution in [0.1, 0.15) is 35.6 Å². The number of likely N-dealkylation sites (tertiary alicyclic amines) is 1. The maximum atomic E-state index is 6.62. The third kappa shape index (κ3) is 4.18. The van der Waals surface area contributed by atoms with Crippen LogP contribution in [0.25, 0.3) is 0 Å². The summed E-state index contributed by atoms with van der Waals surface area (Å²) in [4.78, 5) is 4.74. The van der Waals surface area contributed by atoms with Gasteiger partial charge in [-0.05, 0) is 68.7 Å². The van der Waals surface area contributed by atoms with Crippen LogP contribution in [-0.2, 0) is 13.0 Å². The number of nitrogens with two attached hydrogens (primary N) is 1. The largest absolute Gasteiger partial charge is 0.484 e. The molecule has 2 aromatic carbocycles. The van der Waals surface area contributed by atoms with E-state index in [9.17, 15) is 0 Å². The minimum atomic E-state index is 0.0705. The Labute approximate surface area is 162 Å². The monoisotopic (exact) mass is 365 g/mol. The van der Waals surface area contributed by atoms with Crippen molar-refractivity contribution in [1.82, 2.24) is 9.80 Å². The van der Waals surface area contributed by atoms with Crippen LogP contribution in [0.5, 0.6) is 5.75 Å². The maximum absolute atomic E-state index is 6.62. The number of benzene rings is 2. The van der Waals surface area contributed by atoms with Gasteiger partial charge in [0.2, 0.25) is 0 Å². The lowest BCUT2D eigenvalue weighted by Gasteiger charge is -2.38. The van der Waals surface area contributed by atoms with E-state index >= 15 is 0 Å². The van der Waals surface area contributed by atoms with Crippen molar-refractivity contribution >= 4 is 0 Å². The molecular weight excluding hydrogens is 334 g/mol. The molecule has 4 nitrogen and oxygen atoms in total. The summed E-state index contributed by atoms with van der Waals surface area (Å²) >= 11 is 0. The summed E-state index contributed by atoms with van der Waals surface area (Å²) in [5.41, 5.74) is 10.3. The highest BCUT2D eigenvalue weighted by molar-refractivity contribution is 5.38. The average Bonchev–Trinajstić information content (AvgIpc) is 3.00. The molecular formula is C23H31N3O. The van der Waals surface area contributed by atoms with E-state index in [0.29, 0.717) is 6.04 Å². The highest BCUT2D eigenvalue weighted by Gasteiger charge is 2.39. The van der Waals surface area contributed by atoms with Gasteiger partial charge in [0, 0.05) is 19.1 Å². The SMILES string of the molecule is CN(C)Cc1cccc(O[C@@H]2c3ccccc3C[C@H]2N2CCC[C@H](N)C2)c1. The van der Waals surface area contributed by atoms with Crippen molar-refractivity contribution in [2.75, 3.05) is 27.2 Å². The van der Waals surface area contributed by atoms with E-state index in [1.165, 1.54) is 23.1 Å². The number of hydrogen-bond acceptors (Lipinski definition) is 4.